The van der Waals surface area contributed by atoms with Crippen LogP contribution in [0.2, 0.25) is 0 Å². The maximum atomic E-state index is 13.9. The highest BCUT2D eigenvalue weighted by atomic mass is 32.2. The Morgan fingerprint density at radius 3 is 2.14 bits per heavy atom. The summed E-state index contributed by atoms with van der Waals surface area (Å²) in [5.74, 6) is 0.371. The molecule has 0 amide bonds. The molecule has 1 aromatic heterocycles. The number of halogens is 3. The largest absolute Gasteiger partial charge is 0.416 e. The molecule has 1 aliphatic heterocycles. The molecule has 1 saturated heterocycles. The van der Waals surface area contributed by atoms with Crippen LogP contribution in [0.15, 0.2) is 29.2 Å². The third-order valence-corrected chi connectivity index (χ3v) is 9.51. The van der Waals surface area contributed by atoms with Gasteiger partial charge in [0.15, 0.2) is 0 Å². The Hall–Kier alpha value is -1.84. The lowest BCUT2D eigenvalue weighted by Gasteiger charge is -2.26. The fourth-order valence-corrected chi connectivity index (χ4v) is 6.93. The molecule has 9 heteroatoms. The molecule has 0 atom stereocenters. The van der Waals surface area contributed by atoms with E-state index >= 15 is 0 Å². The van der Waals surface area contributed by atoms with Gasteiger partial charge in [-0.1, -0.05) is 40.0 Å². The number of nitrogens with zero attached hydrogens (tertiary/aromatic N) is 2. The van der Waals surface area contributed by atoms with E-state index in [2.05, 4.69) is 0 Å². The van der Waals surface area contributed by atoms with E-state index in [0.717, 1.165) is 31.7 Å². The molecule has 2 aromatic rings. The minimum Gasteiger partial charge on any atom is -0.379 e. The number of hydrogen-bond donors (Lipinski definition) is 0. The lowest BCUT2D eigenvalue weighted by atomic mass is 9.84. The molecule has 0 bridgehead atoms. The molecule has 2 heterocycles. The quantitative estimate of drug-likeness (QED) is 0.454. The first-order valence-electron chi connectivity index (χ1n) is 12.8. The third-order valence-electron chi connectivity index (χ3n) is 7.50. The van der Waals surface area contributed by atoms with Gasteiger partial charge in [0.2, 0.25) is 10.0 Å². The molecule has 0 N–H and O–H groups in total. The summed E-state index contributed by atoms with van der Waals surface area (Å²) in [6.07, 6.45) is 1.01. The first-order valence-corrected chi connectivity index (χ1v) is 14.2. The zero-order chi connectivity index (χ0) is 26.3. The number of alkyl halides is 3. The molecule has 1 saturated carbocycles. The maximum Gasteiger partial charge on any atom is 0.416 e. The SMILES string of the molecule is Cc1c(S(=O)(=O)N2CCOCC2)cc(-c2cc(C(C)(C)C)cc(C(F)(F)F)c2)n1CC1CCCCC1. The van der Waals surface area contributed by atoms with Crippen LogP contribution in [0.25, 0.3) is 11.3 Å². The zero-order valence-electron chi connectivity index (χ0n) is 21.6. The minimum atomic E-state index is -4.51. The van der Waals surface area contributed by atoms with Crippen LogP contribution in [0.1, 0.15) is 69.7 Å². The molecule has 2 fully saturated rings. The van der Waals surface area contributed by atoms with Gasteiger partial charge >= 0.3 is 6.18 Å². The van der Waals surface area contributed by atoms with Crippen molar-refractivity contribution in [2.75, 3.05) is 26.3 Å². The summed E-state index contributed by atoms with van der Waals surface area (Å²) in [7, 11) is -3.81. The fourth-order valence-electron chi connectivity index (χ4n) is 5.28. The van der Waals surface area contributed by atoms with Crippen LogP contribution in [0, 0.1) is 12.8 Å². The standard InChI is InChI=1S/C27H37F3N2O3S/c1-19-25(36(33,34)31-10-12-35-13-11-31)17-24(32(19)18-20-8-6-5-7-9-20)21-14-22(26(2,3)4)16-23(15-21)27(28,29)30/h14-17,20H,5-13,18H2,1-4H3. The summed E-state index contributed by atoms with van der Waals surface area (Å²) in [6.45, 7) is 9.21. The van der Waals surface area contributed by atoms with Gasteiger partial charge in [0.1, 0.15) is 4.90 Å². The van der Waals surface area contributed by atoms with Gasteiger partial charge in [0.25, 0.3) is 0 Å². The topological polar surface area (TPSA) is 51.5 Å². The number of benzene rings is 1. The Labute approximate surface area is 212 Å². The molecule has 2 aliphatic rings. The van der Waals surface area contributed by atoms with E-state index in [-0.39, 0.29) is 18.0 Å². The van der Waals surface area contributed by atoms with Crippen LogP contribution in [-0.4, -0.2) is 43.6 Å². The van der Waals surface area contributed by atoms with Gasteiger partial charge in [-0.2, -0.15) is 17.5 Å². The lowest BCUT2D eigenvalue weighted by Crippen LogP contribution is -2.40. The third kappa shape index (κ3) is 5.68. The lowest BCUT2D eigenvalue weighted by molar-refractivity contribution is -0.137. The first-order chi connectivity index (χ1) is 16.8. The van der Waals surface area contributed by atoms with Gasteiger partial charge in [-0.3, -0.25) is 0 Å². The molecule has 1 aromatic carbocycles. The van der Waals surface area contributed by atoms with Crippen molar-refractivity contribution in [3.63, 3.8) is 0 Å². The number of rotatable bonds is 5. The Morgan fingerprint density at radius 1 is 0.944 bits per heavy atom. The summed E-state index contributed by atoms with van der Waals surface area (Å²) in [6, 6.07) is 5.74. The highest BCUT2D eigenvalue weighted by Crippen LogP contribution is 2.39. The average molecular weight is 527 g/mol. The fraction of sp³-hybridized carbons (Fsp3) is 0.630. The molecular weight excluding hydrogens is 489 g/mol. The molecule has 0 radical (unpaired) electrons. The van der Waals surface area contributed by atoms with E-state index in [1.807, 2.05) is 25.3 Å². The number of morpholine rings is 1. The minimum absolute atomic E-state index is 0.171. The van der Waals surface area contributed by atoms with Gasteiger partial charge in [0.05, 0.1) is 18.8 Å². The van der Waals surface area contributed by atoms with Crippen LogP contribution in [0.4, 0.5) is 13.2 Å². The molecular formula is C27H37F3N2O3S. The molecule has 200 valence electrons. The smallest absolute Gasteiger partial charge is 0.379 e. The highest BCUT2D eigenvalue weighted by molar-refractivity contribution is 7.89. The van der Waals surface area contributed by atoms with Crippen LogP contribution in [0.5, 0.6) is 0 Å². The van der Waals surface area contributed by atoms with Gasteiger partial charge < -0.3 is 9.30 Å². The summed E-state index contributed by atoms with van der Waals surface area (Å²) in [5, 5.41) is 0. The van der Waals surface area contributed by atoms with Crippen LogP contribution >= 0.6 is 0 Å². The van der Waals surface area contributed by atoms with Crippen LogP contribution < -0.4 is 0 Å². The first kappa shape index (κ1) is 27.2. The molecule has 5 nitrogen and oxygen atoms in total. The van der Waals surface area contributed by atoms with E-state index in [0.29, 0.717) is 48.2 Å². The summed E-state index contributed by atoms with van der Waals surface area (Å²) >= 11 is 0. The van der Waals surface area contributed by atoms with Crippen molar-refractivity contribution >= 4 is 10.0 Å². The second-order valence-corrected chi connectivity index (χ2v) is 13.1. The van der Waals surface area contributed by atoms with Gasteiger partial charge in [-0.05, 0) is 66.5 Å². The predicted octanol–water partition coefficient (Wildman–Crippen LogP) is 6.38. The second kappa shape index (κ2) is 10.1. The summed E-state index contributed by atoms with van der Waals surface area (Å²) in [5.41, 5.74) is 0.850. The predicted molar refractivity (Wildman–Crippen MR) is 134 cm³/mol. The second-order valence-electron chi connectivity index (χ2n) is 11.2. The Bertz CT molecular complexity index is 1150. The number of hydrogen-bond acceptors (Lipinski definition) is 3. The van der Waals surface area contributed by atoms with E-state index in [9.17, 15) is 21.6 Å². The Kier molecular flexibility index (Phi) is 7.66. The van der Waals surface area contributed by atoms with Crippen LogP contribution in [0.3, 0.4) is 0 Å². The Balaban J connectivity index is 1.89. The van der Waals surface area contributed by atoms with Crippen LogP contribution in [-0.2, 0) is 32.9 Å². The van der Waals surface area contributed by atoms with Crippen molar-refractivity contribution < 1.29 is 26.3 Å². The number of aromatic nitrogens is 1. The Morgan fingerprint density at radius 2 is 1.56 bits per heavy atom. The maximum absolute atomic E-state index is 13.9. The summed E-state index contributed by atoms with van der Waals surface area (Å²) < 4.78 is 77.7. The number of sulfonamides is 1. The van der Waals surface area contributed by atoms with Crippen molar-refractivity contribution in [3.05, 3.63) is 41.1 Å². The number of ether oxygens (including phenoxy) is 1. The highest BCUT2D eigenvalue weighted by Gasteiger charge is 2.35. The molecule has 0 spiro atoms. The normalized spacial score (nSPS) is 19.1. The van der Waals surface area contributed by atoms with Gasteiger partial charge in [-0.25, -0.2) is 8.42 Å². The molecule has 36 heavy (non-hydrogen) atoms. The van der Waals surface area contributed by atoms with Crippen molar-refractivity contribution in [1.29, 1.82) is 0 Å². The summed E-state index contributed by atoms with van der Waals surface area (Å²) in [4.78, 5) is 0.171. The van der Waals surface area contributed by atoms with Crippen molar-refractivity contribution in [2.45, 2.75) is 82.8 Å². The van der Waals surface area contributed by atoms with E-state index < -0.39 is 27.2 Å². The van der Waals surface area contributed by atoms with Crippen molar-refractivity contribution in [3.8, 4) is 11.3 Å². The van der Waals surface area contributed by atoms with E-state index in [1.54, 1.807) is 19.1 Å². The molecule has 1 aliphatic carbocycles. The van der Waals surface area contributed by atoms with E-state index in [1.165, 1.54) is 16.8 Å². The van der Waals surface area contributed by atoms with Gasteiger partial charge in [-0.15, -0.1) is 0 Å². The molecule has 4 rings (SSSR count). The monoisotopic (exact) mass is 526 g/mol. The van der Waals surface area contributed by atoms with Gasteiger partial charge in [0, 0.05) is 31.0 Å². The molecule has 0 unspecified atom stereocenters. The van der Waals surface area contributed by atoms with Crippen molar-refractivity contribution in [1.82, 2.24) is 8.87 Å². The van der Waals surface area contributed by atoms with Crippen molar-refractivity contribution in [2.24, 2.45) is 5.92 Å². The van der Waals surface area contributed by atoms with E-state index in [4.69, 9.17) is 4.74 Å². The average Bonchev–Trinajstić information content (AvgIpc) is 3.15. The zero-order valence-corrected chi connectivity index (χ0v) is 22.4.